The fourth-order valence-electron chi connectivity index (χ4n) is 1.64. The van der Waals surface area contributed by atoms with Crippen molar-refractivity contribution < 1.29 is 9.84 Å². The largest absolute Gasteiger partial charge is 0.494 e. The third kappa shape index (κ3) is 5.20. The van der Waals surface area contributed by atoms with E-state index < -0.39 is 0 Å². The van der Waals surface area contributed by atoms with Crippen LogP contribution in [0.3, 0.4) is 0 Å². The van der Waals surface area contributed by atoms with Gasteiger partial charge in [0.2, 0.25) is 0 Å². The number of aliphatic hydroxyl groups is 1. The first-order valence-corrected chi connectivity index (χ1v) is 6.31. The van der Waals surface area contributed by atoms with E-state index in [-0.39, 0.29) is 12.0 Å². The minimum atomic E-state index is -0.270. The van der Waals surface area contributed by atoms with Crippen molar-refractivity contribution in [2.75, 3.05) is 13.2 Å². The molecule has 1 N–H and O–H groups in total. The molecule has 0 amide bonds. The van der Waals surface area contributed by atoms with Gasteiger partial charge >= 0.3 is 0 Å². The van der Waals surface area contributed by atoms with E-state index in [1.54, 1.807) is 0 Å². The predicted octanol–water partition coefficient (Wildman–Crippen LogP) is 2.93. The summed E-state index contributed by atoms with van der Waals surface area (Å²) in [5, 5.41) is 17.7. The van der Waals surface area contributed by atoms with Crippen LogP contribution in [0.4, 0.5) is 0 Å². The molecular formula is C15H21NO2. The van der Waals surface area contributed by atoms with Crippen LogP contribution in [0.5, 0.6) is 5.75 Å². The van der Waals surface area contributed by atoms with E-state index in [0.717, 1.165) is 24.2 Å². The van der Waals surface area contributed by atoms with Crippen molar-refractivity contribution in [1.29, 1.82) is 5.26 Å². The van der Waals surface area contributed by atoms with Gasteiger partial charge in [-0.15, -0.1) is 0 Å². The van der Waals surface area contributed by atoms with Crippen LogP contribution < -0.4 is 4.74 Å². The second-order valence-electron chi connectivity index (χ2n) is 5.07. The van der Waals surface area contributed by atoms with Gasteiger partial charge in [-0.2, -0.15) is 5.26 Å². The Kier molecular flexibility index (Phi) is 5.67. The fraction of sp³-hybridized carbons (Fsp3) is 0.533. The first kappa shape index (κ1) is 14.5. The molecule has 3 nitrogen and oxygen atoms in total. The monoisotopic (exact) mass is 247 g/mol. The lowest BCUT2D eigenvalue weighted by atomic mass is 9.90. The molecule has 0 aliphatic rings. The Morgan fingerprint density at radius 3 is 2.50 bits per heavy atom. The zero-order chi connectivity index (χ0) is 13.4. The van der Waals surface area contributed by atoms with Crippen LogP contribution in [0.15, 0.2) is 24.3 Å². The van der Waals surface area contributed by atoms with Crippen LogP contribution in [0.2, 0.25) is 0 Å². The summed E-state index contributed by atoms with van der Waals surface area (Å²) in [5.74, 6) is 0.839. The van der Waals surface area contributed by atoms with Crippen molar-refractivity contribution in [3.05, 3.63) is 29.8 Å². The molecule has 1 aromatic rings. The summed E-state index contributed by atoms with van der Waals surface area (Å²) in [6.45, 7) is 4.68. The SMILES string of the molecule is CC(C)(C#N)CCCOc1ccc(CCO)cc1. The van der Waals surface area contributed by atoms with Crippen molar-refractivity contribution in [2.24, 2.45) is 5.41 Å². The number of ether oxygens (including phenoxy) is 1. The quantitative estimate of drug-likeness (QED) is 0.754. The lowest BCUT2D eigenvalue weighted by Gasteiger charge is -2.14. The molecule has 3 heteroatoms. The Bertz CT molecular complexity index is 390. The van der Waals surface area contributed by atoms with Gasteiger partial charge < -0.3 is 9.84 Å². The highest BCUT2D eigenvalue weighted by Gasteiger charge is 2.15. The normalized spacial score (nSPS) is 11.0. The van der Waals surface area contributed by atoms with E-state index in [4.69, 9.17) is 15.1 Å². The maximum atomic E-state index is 8.88. The topological polar surface area (TPSA) is 53.2 Å². The van der Waals surface area contributed by atoms with Gasteiger partial charge in [-0.05, 0) is 50.8 Å². The number of nitriles is 1. The molecule has 0 saturated heterocycles. The van der Waals surface area contributed by atoms with Gasteiger partial charge in [0.25, 0.3) is 0 Å². The third-order valence-corrected chi connectivity index (χ3v) is 2.84. The minimum Gasteiger partial charge on any atom is -0.494 e. The molecular weight excluding hydrogens is 226 g/mol. The van der Waals surface area contributed by atoms with E-state index in [9.17, 15) is 0 Å². The summed E-state index contributed by atoms with van der Waals surface area (Å²) in [6, 6.07) is 10.0. The molecule has 0 aromatic heterocycles. The lowest BCUT2D eigenvalue weighted by molar-refractivity contribution is 0.284. The number of hydrogen-bond donors (Lipinski definition) is 1. The second kappa shape index (κ2) is 7.03. The molecule has 1 aromatic carbocycles. The second-order valence-corrected chi connectivity index (χ2v) is 5.07. The average molecular weight is 247 g/mol. The summed E-state index contributed by atoms with van der Waals surface area (Å²) >= 11 is 0. The van der Waals surface area contributed by atoms with Crippen molar-refractivity contribution in [3.63, 3.8) is 0 Å². The molecule has 0 spiro atoms. The summed E-state index contributed by atoms with van der Waals surface area (Å²) in [7, 11) is 0. The molecule has 18 heavy (non-hydrogen) atoms. The fourth-order valence-corrected chi connectivity index (χ4v) is 1.64. The molecule has 0 aliphatic carbocycles. The van der Waals surface area contributed by atoms with E-state index >= 15 is 0 Å². The summed E-state index contributed by atoms with van der Waals surface area (Å²) < 4.78 is 5.61. The van der Waals surface area contributed by atoms with Crippen molar-refractivity contribution in [2.45, 2.75) is 33.1 Å². The van der Waals surface area contributed by atoms with Gasteiger partial charge in [-0.3, -0.25) is 0 Å². The van der Waals surface area contributed by atoms with Crippen LogP contribution in [-0.4, -0.2) is 18.3 Å². The predicted molar refractivity (Wildman–Crippen MR) is 71.4 cm³/mol. The molecule has 0 aliphatic heterocycles. The Labute approximate surface area is 109 Å². The van der Waals surface area contributed by atoms with Crippen molar-refractivity contribution >= 4 is 0 Å². The van der Waals surface area contributed by atoms with Gasteiger partial charge in [0.05, 0.1) is 18.1 Å². The van der Waals surface area contributed by atoms with Gasteiger partial charge in [-0.1, -0.05) is 12.1 Å². The number of nitrogens with zero attached hydrogens (tertiary/aromatic N) is 1. The van der Waals surface area contributed by atoms with E-state index in [1.165, 1.54) is 0 Å². The summed E-state index contributed by atoms with van der Waals surface area (Å²) in [4.78, 5) is 0. The third-order valence-electron chi connectivity index (χ3n) is 2.84. The number of aliphatic hydroxyl groups excluding tert-OH is 1. The minimum absolute atomic E-state index is 0.170. The number of hydrogen-bond acceptors (Lipinski definition) is 3. The maximum absolute atomic E-state index is 8.88. The molecule has 0 atom stereocenters. The highest BCUT2D eigenvalue weighted by Crippen LogP contribution is 2.21. The maximum Gasteiger partial charge on any atom is 0.119 e. The zero-order valence-corrected chi connectivity index (χ0v) is 11.1. The first-order chi connectivity index (χ1) is 8.57. The molecule has 0 saturated carbocycles. The van der Waals surface area contributed by atoms with E-state index in [0.29, 0.717) is 13.0 Å². The summed E-state index contributed by atoms with van der Waals surface area (Å²) in [6.07, 6.45) is 2.39. The van der Waals surface area contributed by atoms with Gasteiger partial charge in [0.15, 0.2) is 0 Å². The molecule has 0 radical (unpaired) electrons. The first-order valence-electron chi connectivity index (χ1n) is 6.31. The Hall–Kier alpha value is -1.53. The van der Waals surface area contributed by atoms with Crippen LogP contribution in [0.25, 0.3) is 0 Å². The lowest BCUT2D eigenvalue weighted by Crippen LogP contribution is -2.10. The molecule has 0 bridgehead atoms. The van der Waals surface area contributed by atoms with Crippen LogP contribution >= 0.6 is 0 Å². The van der Waals surface area contributed by atoms with Crippen LogP contribution in [-0.2, 0) is 6.42 Å². The van der Waals surface area contributed by atoms with Gasteiger partial charge in [-0.25, -0.2) is 0 Å². The molecule has 0 heterocycles. The smallest absolute Gasteiger partial charge is 0.119 e. The molecule has 1 rings (SSSR count). The molecule has 0 fully saturated rings. The Morgan fingerprint density at radius 2 is 1.94 bits per heavy atom. The van der Waals surface area contributed by atoms with Gasteiger partial charge in [0, 0.05) is 6.61 Å². The van der Waals surface area contributed by atoms with Crippen molar-refractivity contribution in [3.8, 4) is 11.8 Å². The van der Waals surface area contributed by atoms with Gasteiger partial charge in [0.1, 0.15) is 5.75 Å². The highest BCUT2D eigenvalue weighted by atomic mass is 16.5. The van der Waals surface area contributed by atoms with E-state index in [1.807, 2.05) is 38.1 Å². The number of rotatable bonds is 7. The Balaban J connectivity index is 2.30. The highest BCUT2D eigenvalue weighted by molar-refractivity contribution is 5.27. The van der Waals surface area contributed by atoms with Crippen molar-refractivity contribution in [1.82, 2.24) is 0 Å². The zero-order valence-electron chi connectivity index (χ0n) is 11.1. The average Bonchev–Trinajstić information content (AvgIpc) is 2.37. The standard InChI is InChI=1S/C15H21NO2/c1-15(2,12-16)9-3-11-18-14-6-4-13(5-7-14)8-10-17/h4-7,17H,3,8-11H2,1-2H3. The number of benzene rings is 1. The van der Waals surface area contributed by atoms with Crippen LogP contribution in [0.1, 0.15) is 32.3 Å². The molecule has 0 unspecified atom stereocenters. The summed E-state index contributed by atoms with van der Waals surface area (Å²) in [5.41, 5.74) is 0.837. The van der Waals surface area contributed by atoms with E-state index in [2.05, 4.69) is 6.07 Å². The molecule has 98 valence electrons. The Morgan fingerprint density at radius 1 is 1.28 bits per heavy atom. The van der Waals surface area contributed by atoms with Crippen LogP contribution in [0, 0.1) is 16.7 Å².